The normalized spacial score (nSPS) is 10.5. The Balaban J connectivity index is 2.10. The molecule has 4 nitrogen and oxygen atoms in total. The highest BCUT2D eigenvalue weighted by Gasteiger charge is 2.04. The minimum Gasteiger partial charge on any atom is -0.370 e. The fourth-order valence-corrected chi connectivity index (χ4v) is 2.63. The first-order valence-corrected chi connectivity index (χ1v) is 7.54. The van der Waals surface area contributed by atoms with Crippen molar-refractivity contribution in [3.63, 3.8) is 0 Å². The van der Waals surface area contributed by atoms with Crippen molar-refractivity contribution >= 4 is 23.0 Å². The summed E-state index contributed by atoms with van der Waals surface area (Å²) in [7, 11) is 0. The number of aromatic nitrogens is 2. The molecular weight excluding hydrogens is 256 g/mol. The minimum absolute atomic E-state index is 0.807. The summed E-state index contributed by atoms with van der Waals surface area (Å²) in [6.45, 7) is 7.94. The topological polar surface area (TPSA) is 49.8 Å². The molecule has 2 aromatic rings. The van der Waals surface area contributed by atoms with Gasteiger partial charge in [0.25, 0.3) is 0 Å². The lowest BCUT2D eigenvalue weighted by atomic mass is 10.2. The Morgan fingerprint density at radius 2 is 1.84 bits per heavy atom. The van der Waals surface area contributed by atoms with Gasteiger partial charge in [-0.05, 0) is 35.7 Å². The maximum Gasteiger partial charge on any atom is 0.132 e. The summed E-state index contributed by atoms with van der Waals surface area (Å²) in [5.41, 5.74) is 2.65. The third kappa shape index (κ3) is 3.67. The third-order valence-corrected chi connectivity index (χ3v) is 3.78. The molecule has 19 heavy (non-hydrogen) atoms. The number of anilines is 2. The zero-order chi connectivity index (χ0) is 13.7. The Hall–Kier alpha value is -1.62. The molecule has 2 N–H and O–H groups in total. The van der Waals surface area contributed by atoms with Crippen molar-refractivity contribution in [2.24, 2.45) is 0 Å². The van der Waals surface area contributed by atoms with E-state index in [1.54, 1.807) is 11.3 Å². The molecule has 0 aliphatic carbocycles. The smallest absolute Gasteiger partial charge is 0.132 e. The maximum absolute atomic E-state index is 4.50. The SMILES string of the molecule is CCNc1cc(NCc2cscc2C)nc(CC)n1. The Bertz CT molecular complexity index is 536. The Morgan fingerprint density at radius 3 is 2.42 bits per heavy atom. The fourth-order valence-electron chi connectivity index (χ4n) is 1.77. The van der Waals surface area contributed by atoms with Crippen molar-refractivity contribution in [2.75, 3.05) is 17.2 Å². The summed E-state index contributed by atoms with van der Waals surface area (Å²) >= 11 is 1.74. The van der Waals surface area contributed by atoms with Crippen LogP contribution in [0.4, 0.5) is 11.6 Å². The molecule has 102 valence electrons. The number of nitrogens with one attached hydrogen (secondary N) is 2. The van der Waals surface area contributed by atoms with Crippen LogP contribution >= 0.6 is 11.3 Å². The van der Waals surface area contributed by atoms with E-state index in [4.69, 9.17) is 0 Å². The molecule has 0 aromatic carbocycles. The van der Waals surface area contributed by atoms with E-state index >= 15 is 0 Å². The molecule has 0 amide bonds. The van der Waals surface area contributed by atoms with Gasteiger partial charge in [0.05, 0.1) is 0 Å². The van der Waals surface area contributed by atoms with Crippen LogP contribution in [-0.4, -0.2) is 16.5 Å². The molecule has 2 rings (SSSR count). The molecule has 0 bridgehead atoms. The van der Waals surface area contributed by atoms with Crippen LogP contribution in [0, 0.1) is 6.92 Å². The number of hydrogen-bond donors (Lipinski definition) is 2. The van der Waals surface area contributed by atoms with Crippen molar-refractivity contribution < 1.29 is 0 Å². The summed E-state index contributed by atoms with van der Waals surface area (Å²) in [4.78, 5) is 8.95. The van der Waals surface area contributed by atoms with E-state index in [9.17, 15) is 0 Å². The van der Waals surface area contributed by atoms with Gasteiger partial charge in [-0.25, -0.2) is 9.97 Å². The number of rotatable bonds is 6. The third-order valence-electron chi connectivity index (χ3n) is 2.87. The first kappa shape index (κ1) is 13.8. The molecule has 5 heteroatoms. The highest BCUT2D eigenvalue weighted by Crippen LogP contribution is 2.17. The molecule has 0 saturated carbocycles. The highest BCUT2D eigenvalue weighted by atomic mass is 32.1. The molecule has 0 aliphatic rings. The summed E-state index contributed by atoms with van der Waals surface area (Å²) in [6, 6.07) is 1.96. The van der Waals surface area contributed by atoms with E-state index < -0.39 is 0 Å². The quantitative estimate of drug-likeness (QED) is 0.848. The van der Waals surface area contributed by atoms with Gasteiger partial charge in [0.15, 0.2) is 0 Å². The predicted octanol–water partition coefficient (Wildman–Crippen LogP) is 3.45. The van der Waals surface area contributed by atoms with Crippen molar-refractivity contribution in [1.82, 2.24) is 9.97 Å². The monoisotopic (exact) mass is 276 g/mol. The van der Waals surface area contributed by atoms with Crippen molar-refractivity contribution in [2.45, 2.75) is 33.7 Å². The molecular formula is C14H20N4S. The standard InChI is InChI=1S/C14H20N4S/c1-4-12-17-13(15-5-2)6-14(18-12)16-7-11-9-19-8-10(11)3/h6,8-9H,4-5,7H2,1-3H3,(H2,15,16,17,18). The lowest BCUT2D eigenvalue weighted by Crippen LogP contribution is -2.07. The maximum atomic E-state index is 4.50. The highest BCUT2D eigenvalue weighted by molar-refractivity contribution is 7.08. The zero-order valence-corrected chi connectivity index (χ0v) is 12.5. The van der Waals surface area contributed by atoms with Gasteiger partial charge >= 0.3 is 0 Å². The average molecular weight is 276 g/mol. The van der Waals surface area contributed by atoms with Gasteiger partial charge in [0.1, 0.15) is 17.5 Å². The summed E-state index contributed by atoms with van der Waals surface area (Å²) in [5.74, 6) is 2.63. The molecule has 2 aromatic heterocycles. The van der Waals surface area contributed by atoms with Crippen LogP contribution in [0.2, 0.25) is 0 Å². The van der Waals surface area contributed by atoms with E-state index in [-0.39, 0.29) is 0 Å². The summed E-state index contributed by atoms with van der Waals surface area (Å²) in [6.07, 6.45) is 0.839. The van der Waals surface area contributed by atoms with E-state index in [0.29, 0.717) is 0 Å². The summed E-state index contributed by atoms with van der Waals surface area (Å²) < 4.78 is 0. The molecule has 0 atom stereocenters. The zero-order valence-electron chi connectivity index (χ0n) is 11.7. The van der Waals surface area contributed by atoms with Crippen LogP contribution in [0.3, 0.4) is 0 Å². The van der Waals surface area contributed by atoms with Gasteiger partial charge in [0.2, 0.25) is 0 Å². The Labute approximate surface area is 118 Å². The molecule has 2 heterocycles. The number of hydrogen-bond acceptors (Lipinski definition) is 5. The molecule has 0 radical (unpaired) electrons. The average Bonchev–Trinajstić information content (AvgIpc) is 2.82. The minimum atomic E-state index is 0.807. The lowest BCUT2D eigenvalue weighted by Gasteiger charge is -2.10. The van der Waals surface area contributed by atoms with Gasteiger partial charge in [-0.3, -0.25) is 0 Å². The molecule has 0 spiro atoms. The van der Waals surface area contributed by atoms with Crippen LogP contribution in [0.25, 0.3) is 0 Å². The molecule has 0 unspecified atom stereocenters. The van der Waals surface area contributed by atoms with E-state index in [1.165, 1.54) is 11.1 Å². The number of aryl methyl sites for hydroxylation is 2. The number of thiophene rings is 1. The molecule has 0 aliphatic heterocycles. The molecule has 0 saturated heterocycles. The first-order chi connectivity index (χ1) is 9.22. The van der Waals surface area contributed by atoms with Gasteiger partial charge in [-0.15, -0.1) is 0 Å². The van der Waals surface area contributed by atoms with Gasteiger partial charge < -0.3 is 10.6 Å². The lowest BCUT2D eigenvalue weighted by molar-refractivity contribution is 0.929. The van der Waals surface area contributed by atoms with E-state index in [2.05, 4.69) is 52.1 Å². The van der Waals surface area contributed by atoms with Crippen LogP contribution in [0.15, 0.2) is 16.8 Å². The van der Waals surface area contributed by atoms with Gasteiger partial charge in [0, 0.05) is 25.6 Å². The molecule has 0 fully saturated rings. The van der Waals surface area contributed by atoms with Crippen molar-refractivity contribution in [1.29, 1.82) is 0 Å². The van der Waals surface area contributed by atoms with Crippen LogP contribution in [-0.2, 0) is 13.0 Å². The van der Waals surface area contributed by atoms with Gasteiger partial charge in [-0.2, -0.15) is 11.3 Å². The largest absolute Gasteiger partial charge is 0.370 e. The van der Waals surface area contributed by atoms with Gasteiger partial charge in [-0.1, -0.05) is 6.92 Å². The van der Waals surface area contributed by atoms with E-state index in [0.717, 1.165) is 37.0 Å². The summed E-state index contributed by atoms with van der Waals surface area (Å²) in [5, 5.41) is 11.0. The Morgan fingerprint density at radius 1 is 1.11 bits per heavy atom. The second kappa shape index (κ2) is 6.52. The second-order valence-electron chi connectivity index (χ2n) is 4.37. The predicted molar refractivity (Wildman–Crippen MR) is 82.0 cm³/mol. The fraction of sp³-hybridized carbons (Fsp3) is 0.429. The Kier molecular flexibility index (Phi) is 4.74. The first-order valence-electron chi connectivity index (χ1n) is 6.60. The van der Waals surface area contributed by atoms with Crippen molar-refractivity contribution in [3.05, 3.63) is 33.8 Å². The van der Waals surface area contributed by atoms with Crippen molar-refractivity contribution in [3.8, 4) is 0 Å². The van der Waals surface area contributed by atoms with E-state index in [1.807, 2.05) is 6.07 Å². The van der Waals surface area contributed by atoms with Crippen LogP contribution in [0.5, 0.6) is 0 Å². The van der Waals surface area contributed by atoms with Crippen LogP contribution < -0.4 is 10.6 Å². The second-order valence-corrected chi connectivity index (χ2v) is 5.12. The van der Waals surface area contributed by atoms with Crippen LogP contribution in [0.1, 0.15) is 30.8 Å². The number of nitrogens with zero attached hydrogens (tertiary/aromatic N) is 2.